The number of nitrogens with one attached hydrogen (secondary N) is 1. The van der Waals surface area contributed by atoms with Crippen molar-refractivity contribution in [1.29, 1.82) is 0 Å². The topological polar surface area (TPSA) is 55.9 Å². The Bertz CT molecular complexity index is 1150. The van der Waals surface area contributed by atoms with Gasteiger partial charge in [-0.2, -0.15) is 0 Å². The molecule has 33 heavy (non-hydrogen) atoms. The first kappa shape index (κ1) is 22.8. The first-order valence-electron chi connectivity index (χ1n) is 11.8. The second-order valence-corrected chi connectivity index (χ2v) is 8.81. The van der Waals surface area contributed by atoms with Gasteiger partial charge in [0.2, 0.25) is 0 Å². The van der Waals surface area contributed by atoms with Crippen LogP contribution in [0.1, 0.15) is 47.6 Å². The number of nitrogens with zero attached hydrogens (tertiary/aromatic N) is 2. The number of nitrogens with two attached hydrogens (primary N) is 1. The lowest BCUT2D eigenvalue weighted by molar-refractivity contribution is 0.353. The van der Waals surface area contributed by atoms with Crippen molar-refractivity contribution in [2.24, 2.45) is 0 Å². The Kier molecular flexibility index (Phi) is 7.26. The minimum atomic E-state index is -0.404. The van der Waals surface area contributed by atoms with E-state index in [0.717, 1.165) is 24.1 Å². The second-order valence-electron chi connectivity index (χ2n) is 8.81. The Morgan fingerprint density at radius 3 is 2.52 bits per heavy atom. The van der Waals surface area contributed by atoms with Gasteiger partial charge in [-0.25, -0.2) is 4.98 Å². The molecular formula is C29H34N4. The number of nitrogen functional groups attached to an aromatic ring is 1. The number of unbranched alkanes of at least 4 members (excludes halogenated alkanes) is 1. The molecule has 3 aromatic carbocycles. The molecule has 4 nitrogen and oxygen atoms in total. The fourth-order valence-electron chi connectivity index (χ4n) is 4.62. The van der Waals surface area contributed by atoms with Gasteiger partial charge in [0.25, 0.3) is 0 Å². The highest BCUT2D eigenvalue weighted by Crippen LogP contribution is 2.37. The highest BCUT2D eigenvalue weighted by molar-refractivity contribution is 5.50. The molecule has 0 aliphatic rings. The van der Waals surface area contributed by atoms with Crippen molar-refractivity contribution in [3.05, 3.63) is 119 Å². The lowest BCUT2D eigenvalue weighted by Crippen LogP contribution is -2.46. The molecular weight excluding hydrogens is 404 g/mol. The summed E-state index contributed by atoms with van der Waals surface area (Å²) in [5.41, 5.74) is 12.9. The van der Waals surface area contributed by atoms with Crippen LogP contribution in [0.15, 0.2) is 91.5 Å². The predicted octanol–water partition coefficient (Wildman–Crippen LogP) is 5.85. The van der Waals surface area contributed by atoms with E-state index < -0.39 is 5.54 Å². The first-order chi connectivity index (χ1) is 16.1. The molecule has 0 bridgehead atoms. The van der Waals surface area contributed by atoms with Gasteiger partial charge in [-0.05, 0) is 60.1 Å². The third-order valence-electron chi connectivity index (χ3n) is 6.47. The fourth-order valence-corrected chi connectivity index (χ4v) is 4.62. The summed E-state index contributed by atoms with van der Waals surface area (Å²) in [6.45, 7) is 4.99. The van der Waals surface area contributed by atoms with E-state index >= 15 is 0 Å². The second kappa shape index (κ2) is 10.5. The molecule has 0 saturated carbocycles. The smallest absolute Gasteiger partial charge is 0.0956 e. The van der Waals surface area contributed by atoms with Crippen molar-refractivity contribution in [3.63, 3.8) is 0 Å². The Balaban J connectivity index is 1.88. The minimum Gasteiger partial charge on any atom is -0.399 e. The van der Waals surface area contributed by atoms with Crippen LogP contribution >= 0.6 is 0 Å². The molecule has 0 aliphatic heterocycles. The van der Waals surface area contributed by atoms with Crippen LogP contribution in [0.5, 0.6) is 0 Å². The number of anilines is 1. The highest BCUT2D eigenvalue weighted by atomic mass is 15.2. The number of imidazole rings is 1. The Labute approximate surface area is 197 Å². The summed E-state index contributed by atoms with van der Waals surface area (Å²) in [6.07, 6.45) is 9.91. The standard InChI is InChI=1S/C29H34N4/c1-3-4-10-25-11-8-9-14-27(25)29(26-12-6-5-7-13-26,32-22-33-18-17-31-21-33)20-24-15-16-28(30)23(2)19-24/h5-9,11-19,21,32H,3-4,10,20,22,30H2,1-2H3. The highest BCUT2D eigenvalue weighted by Gasteiger charge is 2.36. The SMILES string of the molecule is CCCCc1ccccc1C(Cc1ccc(N)c(C)c1)(NCn1ccnc1)c1ccccc1. The van der Waals surface area contributed by atoms with Gasteiger partial charge in [0, 0.05) is 18.1 Å². The van der Waals surface area contributed by atoms with Crippen molar-refractivity contribution in [3.8, 4) is 0 Å². The van der Waals surface area contributed by atoms with Gasteiger partial charge in [0.05, 0.1) is 18.5 Å². The Hall–Kier alpha value is -3.37. The van der Waals surface area contributed by atoms with Crippen LogP contribution in [0.25, 0.3) is 0 Å². The van der Waals surface area contributed by atoms with Crippen LogP contribution in [0, 0.1) is 6.92 Å². The van der Waals surface area contributed by atoms with Crippen LogP contribution in [0.2, 0.25) is 0 Å². The summed E-state index contributed by atoms with van der Waals surface area (Å²) in [5.74, 6) is 0. The molecule has 1 aromatic heterocycles. The number of aromatic nitrogens is 2. The molecule has 0 aliphatic carbocycles. The summed E-state index contributed by atoms with van der Waals surface area (Å²) >= 11 is 0. The minimum absolute atomic E-state index is 0.404. The number of hydrogen-bond acceptors (Lipinski definition) is 3. The number of hydrogen-bond donors (Lipinski definition) is 2. The molecule has 4 heteroatoms. The van der Waals surface area contributed by atoms with Crippen LogP contribution in [0.3, 0.4) is 0 Å². The molecule has 0 fully saturated rings. The lowest BCUT2D eigenvalue weighted by Gasteiger charge is -2.38. The molecule has 0 radical (unpaired) electrons. The van der Waals surface area contributed by atoms with Crippen molar-refractivity contribution < 1.29 is 0 Å². The Morgan fingerprint density at radius 1 is 1.00 bits per heavy atom. The normalized spacial score (nSPS) is 13.0. The number of benzene rings is 3. The lowest BCUT2D eigenvalue weighted by atomic mass is 9.75. The van der Waals surface area contributed by atoms with Gasteiger partial charge < -0.3 is 10.3 Å². The average Bonchev–Trinajstić information content (AvgIpc) is 3.37. The molecule has 1 atom stereocenters. The molecule has 1 unspecified atom stereocenters. The van der Waals surface area contributed by atoms with Gasteiger partial charge >= 0.3 is 0 Å². The number of aryl methyl sites for hydroxylation is 2. The summed E-state index contributed by atoms with van der Waals surface area (Å²) < 4.78 is 2.08. The zero-order valence-corrected chi connectivity index (χ0v) is 19.7. The van der Waals surface area contributed by atoms with Crippen LogP contribution in [-0.2, 0) is 25.0 Å². The van der Waals surface area contributed by atoms with Crippen LogP contribution < -0.4 is 11.1 Å². The average molecular weight is 439 g/mol. The fraction of sp³-hybridized carbons (Fsp3) is 0.276. The zero-order chi connectivity index (χ0) is 23.1. The largest absolute Gasteiger partial charge is 0.399 e. The predicted molar refractivity (Wildman–Crippen MR) is 137 cm³/mol. The molecule has 4 rings (SSSR count). The van der Waals surface area contributed by atoms with E-state index in [0.29, 0.717) is 6.67 Å². The van der Waals surface area contributed by atoms with E-state index in [4.69, 9.17) is 5.73 Å². The van der Waals surface area contributed by atoms with E-state index in [1.807, 2.05) is 24.8 Å². The maximum atomic E-state index is 6.15. The van der Waals surface area contributed by atoms with Gasteiger partial charge in [-0.3, -0.25) is 5.32 Å². The summed E-state index contributed by atoms with van der Waals surface area (Å²) in [6, 6.07) is 26.1. The maximum absolute atomic E-state index is 6.15. The Morgan fingerprint density at radius 2 is 1.79 bits per heavy atom. The van der Waals surface area contributed by atoms with E-state index in [-0.39, 0.29) is 0 Å². The molecule has 0 amide bonds. The maximum Gasteiger partial charge on any atom is 0.0956 e. The van der Waals surface area contributed by atoms with Gasteiger partial charge in [0.15, 0.2) is 0 Å². The van der Waals surface area contributed by atoms with Crippen molar-refractivity contribution in [2.75, 3.05) is 5.73 Å². The van der Waals surface area contributed by atoms with Gasteiger partial charge in [-0.15, -0.1) is 0 Å². The quantitative estimate of drug-likeness (QED) is 0.305. The summed E-state index contributed by atoms with van der Waals surface area (Å²) in [5, 5.41) is 3.96. The van der Waals surface area contributed by atoms with Gasteiger partial charge in [0.1, 0.15) is 0 Å². The molecule has 1 heterocycles. The van der Waals surface area contributed by atoms with Crippen LogP contribution in [0.4, 0.5) is 5.69 Å². The van der Waals surface area contributed by atoms with E-state index in [1.54, 1.807) is 0 Å². The van der Waals surface area contributed by atoms with Crippen molar-refractivity contribution in [1.82, 2.24) is 14.9 Å². The van der Waals surface area contributed by atoms with E-state index in [2.05, 4.69) is 95.4 Å². The third kappa shape index (κ3) is 5.18. The van der Waals surface area contributed by atoms with Gasteiger partial charge in [-0.1, -0.05) is 80.1 Å². The van der Waals surface area contributed by atoms with Crippen molar-refractivity contribution in [2.45, 2.75) is 51.7 Å². The molecule has 170 valence electrons. The van der Waals surface area contributed by atoms with Crippen molar-refractivity contribution >= 4 is 5.69 Å². The van der Waals surface area contributed by atoms with E-state index in [9.17, 15) is 0 Å². The molecule has 4 aromatic rings. The third-order valence-corrected chi connectivity index (χ3v) is 6.47. The summed E-state index contributed by atoms with van der Waals surface area (Å²) in [7, 11) is 0. The van der Waals surface area contributed by atoms with E-state index in [1.165, 1.54) is 35.1 Å². The monoisotopic (exact) mass is 438 g/mol. The molecule has 0 spiro atoms. The van der Waals surface area contributed by atoms with Crippen LogP contribution in [-0.4, -0.2) is 9.55 Å². The number of rotatable bonds is 10. The summed E-state index contributed by atoms with van der Waals surface area (Å²) in [4.78, 5) is 4.24. The molecule has 3 N–H and O–H groups in total. The zero-order valence-electron chi connectivity index (χ0n) is 19.7. The molecule has 0 saturated heterocycles. The first-order valence-corrected chi connectivity index (χ1v) is 11.8.